The van der Waals surface area contributed by atoms with E-state index in [0.29, 0.717) is 49.3 Å². The van der Waals surface area contributed by atoms with Gasteiger partial charge in [0, 0.05) is 30.0 Å². The fourth-order valence-electron chi connectivity index (χ4n) is 3.70. The van der Waals surface area contributed by atoms with Crippen LogP contribution in [0.4, 0.5) is 0 Å². The molecule has 1 atom stereocenters. The van der Waals surface area contributed by atoms with Crippen LogP contribution in [0.25, 0.3) is 11.4 Å². The molecule has 7 nitrogen and oxygen atoms in total. The van der Waals surface area contributed by atoms with Crippen LogP contribution >= 0.6 is 11.8 Å². The van der Waals surface area contributed by atoms with Gasteiger partial charge in [0.1, 0.15) is 0 Å². The Morgan fingerprint density at radius 3 is 2.72 bits per heavy atom. The normalized spacial score (nSPS) is 15.9. The van der Waals surface area contributed by atoms with Crippen molar-refractivity contribution in [1.82, 2.24) is 15.0 Å². The summed E-state index contributed by atoms with van der Waals surface area (Å²) in [6, 6.07) is 13.9. The smallest absolute Gasteiger partial charge is 0.232 e. The molecule has 0 spiro atoms. The summed E-state index contributed by atoms with van der Waals surface area (Å²) in [6.07, 6.45) is 3.34. The third-order valence-electron chi connectivity index (χ3n) is 5.42. The Labute approximate surface area is 192 Å². The summed E-state index contributed by atoms with van der Waals surface area (Å²) in [7, 11) is 1.60. The van der Waals surface area contributed by atoms with Crippen molar-refractivity contribution in [3.05, 3.63) is 53.9 Å². The second-order valence-corrected chi connectivity index (χ2v) is 8.57. The maximum atomic E-state index is 12.6. The molecule has 1 aliphatic heterocycles. The Morgan fingerprint density at radius 1 is 1.19 bits per heavy atom. The molecule has 2 aromatic carbocycles. The summed E-state index contributed by atoms with van der Waals surface area (Å²) < 4.78 is 16.7. The molecule has 4 rings (SSSR count). The molecule has 1 fully saturated rings. The number of carbonyl (C=O) groups is 1. The third-order valence-corrected chi connectivity index (χ3v) is 6.17. The molecule has 0 N–H and O–H groups in total. The largest absolute Gasteiger partial charge is 0.493 e. The number of hydrogen-bond donors (Lipinski definition) is 0. The first kappa shape index (κ1) is 22.2. The Morgan fingerprint density at radius 2 is 2.00 bits per heavy atom. The molecule has 1 amide bonds. The molecule has 1 saturated heterocycles. The van der Waals surface area contributed by atoms with Crippen LogP contribution in [0.2, 0.25) is 0 Å². The first-order valence-corrected chi connectivity index (χ1v) is 11.9. The predicted molar refractivity (Wildman–Crippen MR) is 123 cm³/mol. The summed E-state index contributed by atoms with van der Waals surface area (Å²) in [5.41, 5.74) is 1.89. The predicted octanol–water partition coefficient (Wildman–Crippen LogP) is 4.77. The molecule has 0 aliphatic carbocycles. The van der Waals surface area contributed by atoms with Crippen molar-refractivity contribution in [2.24, 2.45) is 0 Å². The van der Waals surface area contributed by atoms with Gasteiger partial charge >= 0.3 is 0 Å². The van der Waals surface area contributed by atoms with Crippen molar-refractivity contribution < 1.29 is 18.8 Å². The zero-order chi connectivity index (χ0) is 22.5. The van der Waals surface area contributed by atoms with E-state index in [-0.39, 0.29) is 11.8 Å². The fourth-order valence-corrected chi connectivity index (χ4v) is 4.11. The lowest BCUT2D eigenvalue weighted by Gasteiger charge is -2.16. The van der Waals surface area contributed by atoms with Crippen LogP contribution in [0.5, 0.6) is 11.5 Å². The molecule has 3 aromatic rings. The van der Waals surface area contributed by atoms with Crippen LogP contribution in [0.15, 0.2) is 51.9 Å². The Kier molecular flexibility index (Phi) is 6.99. The van der Waals surface area contributed by atoms with Crippen molar-refractivity contribution in [3.8, 4) is 22.9 Å². The molecule has 0 radical (unpaired) electrons. The van der Waals surface area contributed by atoms with Crippen LogP contribution in [0, 0.1) is 0 Å². The summed E-state index contributed by atoms with van der Waals surface area (Å²) in [4.78, 5) is 20.2. The minimum Gasteiger partial charge on any atom is -0.493 e. The van der Waals surface area contributed by atoms with E-state index in [1.54, 1.807) is 18.9 Å². The Hall–Kier alpha value is -3.00. The average molecular weight is 454 g/mol. The van der Waals surface area contributed by atoms with Gasteiger partial charge in [-0.25, -0.2) is 0 Å². The van der Waals surface area contributed by atoms with Crippen molar-refractivity contribution in [1.29, 1.82) is 0 Å². The number of benzene rings is 2. The quantitative estimate of drug-likeness (QED) is 0.432. The minimum atomic E-state index is -0.108. The number of rotatable bonds is 9. The highest BCUT2D eigenvalue weighted by molar-refractivity contribution is 7.98. The summed E-state index contributed by atoms with van der Waals surface area (Å²) in [5, 5.41) is 4.14. The van der Waals surface area contributed by atoms with E-state index in [2.05, 4.69) is 41.3 Å². The van der Waals surface area contributed by atoms with E-state index >= 15 is 0 Å². The molecule has 32 heavy (non-hydrogen) atoms. The maximum absolute atomic E-state index is 12.6. The molecule has 168 valence electrons. The van der Waals surface area contributed by atoms with Gasteiger partial charge in [-0.15, -0.1) is 11.8 Å². The number of ether oxygens (including phenoxy) is 2. The molecule has 0 bridgehead atoms. The van der Waals surface area contributed by atoms with E-state index < -0.39 is 0 Å². The molecule has 0 saturated carbocycles. The number of methoxy groups -OCH3 is 1. The molecular formula is C24H27N3O4S. The Bertz CT molecular complexity index is 1070. The van der Waals surface area contributed by atoms with Gasteiger partial charge in [0.05, 0.1) is 19.6 Å². The van der Waals surface area contributed by atoms with E-state index in [1.165, 1.54) is 4.90 Å². The van der Waals surface area contributed by atoms with Crippen LogP contribution in [-0.4, -0.2) is 47.5 Å². The highest BCUT2D eigenvalue weighted by atomic mass is 32.2. The summed E-state index contributed by atoms with van der Waals surface area (Å²) in [6.45, 7) is 3.83. The fraction of sp³-hybridized carbons (Fsp3) is 0.375. The Balaban J connectivity index is 1.45. The SMILES string of the molecule is CCCOc1ccc(-c2noc(C3CC(=O)N(Cc4ccc(SC)cc4)C3)n2)cc1OC. The van der Waals surface area contributed by atoms with Gasteiger partial charge in [-0.2, -0.15) is 4.98 Å². The first-order chi connectivity index (χ1) is 15.6. The van der Waals surface area contributed by atoms with Crippen LogP contribution in [-0.2, 0) is 11.3 Å². The highest BCUT2D eigenvalue weighted by Crippen LogP contribution is 2.33. The topological polar surface area (TPSA) is 77.7 Å². The lowest BCUT2D eigenvalue weighted by atomic mass is 10.1. The van der Waals surface area contributed by atoms with Crippen LogP contribution in [0.3, 0.4) is 0 Å². The van der Waals surface area contributed by atoms with Crippen molar-refractivity contribution in [3.63, 3.8) is 0 Å². The van der Waals surface area contributed by atoms with Crippen molar-refractivity contribution in [2.75, 3.05) is 26.5 Å². The minimum absolute atomic E-state index is 0.0998. The zero-order valence-electron chi connectivity index (χ0n) is 18.5. The van der Waals surface area contributed by atoms with Gasteiger partial charge in [0.2, 0.25) is 17.6 Å². The lowest BCUT2D eigenvalue weighted by molar-refractivity contribution is -0.128. The number of thioether (sulfide) groups is 1. The number of carbonyl (C=O) groups excluding carboxylic acids is 1. The molecule has 1 aliphatic rings. The maximum Gasteiger partial charge on any atom is 0.232 e. The van der Waals surface area contributed by atoms with Gasteiger partial charge < -0.3 is 18.9 Å². The lowest BCUT2D eigenvalue weighted by Crippen LogP contribution is -2.24. The molecule has 1 aromatic heterocycles. The number of amides is 1. The van der Waals surface area contributed by atoms with E-state index in [9.17, 15) is 4.79 Å². The molecule has 1 unspecified atom stereocenters. The first-order valence-electron chi connectivity index (χ1n) is 10.7. The molecule has 2 heterocycles. The number of hydrogen-bond acceptors (Lipinski definition) is 7. The second-order valence-electron chi connectivity index (χ2n) is 7.69. The van der Waals surface area contributed by atoms with E-state index in [1.807, 2.05) is 29.4 Å². The summed E-state index contributed by atoms with van der Waals surface area (Å²) in [5.74, 6) is 2.25. The van der Waals surface area contributed by atoms with Gasteiger partial charge in [-0.3, -0.25) is 4.79 Å². The second kappa shape index (κ2) is 10.1. The average Bonchev–Trinajstić information content (AvgIpc) is 3.45. The third kappa shape index (κ3) is 4.91. The van der Waals surface area contributed by atoms with E-state index in [0.717, 1.165) is 17.5 Å². The molecular weight excluding hydrogens is 426 g/mol. The number of likely N-dealkylation sites (tertiary alicyclic amines) is 1. The van der Waals surface area contributed by atoms with Crippen LogP contribution < -0.4 is 9.47 Å². The standard InChI is InChI=1S/C24H27N3O4S/c1-4-11-30-20-10-7-17(12-21(20)29-2)23-25-24(31-26-23)18-13-22(28)27(15-18)14-16-5-8-19(32-3)9-6-16/h5-10,12,18H,4,11,13-15H2,1-3H3. The van der Waals surface area contributed by atoms with Gasteiger partial charge in [0.25, 0.3) is 0 Å². The number of aromatic nitrogens is 2. The van der Waals surface area contributed by atoms with Crippen molar-refractivity contribution >= 4 is 17.7 Å². The van der Waals surface area contributed by atoms with E-state index in [4.69, 9.17) is 14.0 Å². The summed E-state index contributed by atoms with van der Waals surface area (Å²) >= 11 is 1.70. The number of nitrogens with zero attached hydrogens (tertiary/aromatic N) is 3. The van der Waals surface area contributed by atoms with Gasteiger partial charge in [-0.05, 0) is 48.6 Å². The highest BCUT2D eigenvalue weighted by Gasteiger charge is 2.34. The van der Waals surface area contributed by atoms with Gasteiger partial charge in [0.15, 0.2) is 11.5 Å². The van der Waals surface area contributed by atoms with Gasteiger partial charge in [-0.1, -0.05) is 24.2 Å². The van der Waals surface area contributed by atoms with Crippen molar-refractivity contribution in [2.45, 2.75) is 37.1 Å². The zero-order valence-corrected chi connectivity index (χ0v) is 19.4. The monoisotopic (exact) mass is 453 g/mol. The molecule has 8 heteroatoms. The van der Waals surface area contributed by atoms with Crippen LogP contribution in [0.1, 0.15) is 37.1 Å².